The van der Waals surface area contributed by atoms with E-state index in [1.807, 2.05) is 6.92 Å². The number of benzene rings is 1. The molecule has 2 amide bonds. The number of nitrogens with one attached hydrogen (secondary N) is 2. The van der Waals surface area contributed by atoms with Crippen LogP contribution in [0.15, 0.2) is 30.3 Å². The van der Waals surface area contributed by atoms with Gasteiger partial charge in [-0.25, -0.2) is 14.6 Å². The number of amides is 2. The van der Waals surface area contributed by atoms with Crippen LogP contribution in [0.5, 0.6) is 0 Å². The Balaban J connectivity index is 1.85. The smallest absolute Gasteiger partial charge is 0.407 e. The van der Waals surface area contributed by atoms with E-state index in [9.17, 15) is 19.5 Å². The quantitative estimate of drug-likeness (QED) is 0.317. The highest BCUT2D eigenvalue weighted by Crippen LogP contribution is 2.10. The molecule has 1 unspecified atom stereocenters. The van der Waals surface area contributed by atoms with Gasteiger partial charge in [0.1, 0.15) is 11.9 Å². The van der Waals surface area contributed by atoms with Gasteiger partial charge in [-0.1, -0.05) is 25.5 Å². The molecular formula is C21H28N6O5. The summed E-state index contributed by atoms with van der Waals surface area (Å²) in [6.45, 7) is 1.86. The number of unbranched alkanes of at least 4 members (excludes halogenated alkanes) is 1. The number of ether oxygens (including phenoxy) is 1. The molecule has 32 heavy (non-hydrogen) atoms. The van der Waals surface area contributed by atoms with Crippen molar-refractivity contribution in [3.63, 3.8) is 0 Å². The summed E-state index contributed by atoms with van der Waals surface area (Å²) < 4.78 is 4.89. The number of aromatic nitrogens is 2. The van der Waals surface area contributed by atoms with Gasteiger partial charge in [0.2, 0.25) is 5.95 Å². The molecular weight excluding hydrogens is 416 g/mol. The number of carbonyl (C=O) groups is 3. The van der Waals surface area contributed by atoms with Gasteiger partial charge >= 0.3 is 12.1 Å². The summed E-state index contributed by atoms with van der Waals surface area (Å²) in [5, 5.41) is 14.0. The van der Waals surface area contributed by atoms with E-state index >= 15 is 0 Å². The van der Waals surface area contributed by atoms with Gasteiger partial charge in [0, 0.05) is 23.9 Å². The number of nitrogens with zero attached hydrogens (tertiary/aromatic N) is 2. The van der Waals surface area contributed by atoms with E-state index in [2.05, 4.69) is 20.6 Å². The number of carbonyl (C=O) groups excluding carboxylic acids is 2. The van der Waals surface area contributed by atoms with Gasteiger partial charge in [0.05, 0.1) is 6.61 Å². The molecule has 2 rings (SSSR count). The predicted octanol–water partition coefficient (Wildman–Crippen LogP) is 1.14. The van der Waals surface area contributed by atoms with Gasteiger partial charge < -0.3 is 31.9 Å². The van der Waals surface area contributed by atoms with Crippen molar-refractivity contribution >= 4 is 29.7 Å². The SMILES string of the molecule is CCCCOC(=O)NC(CNC(=O)c1ccc(CCc2cc(N)nc(N)n2)cc1)C(=O)O. The van der Waals surface area contributed by atoms with Gasteiger partial charge in [-0.2, -0.15) is 4.98 Å². The maximum Gasteiger partial charge on any atom is 0.407 e. The first-order chi connectivity index (χ1) is 15.3. The molecule has 0 saturated heterocycles. The van der Waals surface area contributed by atoms with E-state index in [0.29, 0.717) is 30.6 Å². The van der Waals surface area contributed by atoms with Crippen LogP contribution in [-0.4, -0.2) is 52.2 Å². The van der Waals surface area contributed by atoms with E-state index in [1.165, 1.54) is 0 Å². The highest BCUT2D eigenvalue weighted by Gasteiger charge is 2.21. The van der Waals surface area contributed by atoms with Gasteiger partial charge in [-0.05, 0) is 37.0 Å². The van der Waals surface area contributed by atoms with Crippen LogP contribution in [0.2, 0.25) is 0 Å². The van der Waals surface area contributed by atoms with Crippen LogP contribution in [0.25, 0.3) is 0 Å². The summed E-state index contributed by atoms with van der Waals surface area (Å²) in [6, 6.07) is 7.21. The Morgan fingerprint density at radius 1 is 1.12 bits per heavy atom. The number of nitrogens with two attached hydrogens (primary N) is 2. The van der Waals surface area contributed by atoms with Gasteiger partial charge in [-0.15, -0.1) is 0 Å². The molecule has 0 bridgehead atoms. The third-order valence-corrected chi connectivity index (χ3v) is 4.49. The Bertz CT molecular complexity index is 915. The molecule has 11 heteroatoms. The lowest BCUT2D eigenvalue weighted by Gasteiger charge is -2.15. The van der Waals surface area contributed by atoms with Crippen molar-refractivity contribution in [2.45, 2.75) is 38.6 Å². The van der Waals surface area contributed by atoms with E-state index < -0.39 is 24.0 Å². The van der Waals surface area contributed by atoms with E-state index in [1.54, 1.807) is 30.3 Å². The zero-order valence-electron chi connectivity index (χ0n) is 17.8. The molecule has 0 radical (unpaired) electrons. The Labute approximate surface area is 185 Å². The number of anilines is 2. The Kier molecular flexibility index (Phi) is 9.21. The van der Waals surface area contributed by atoms with E-state index in [-0.39, 0.29) is 19.1 Å². The van der Waals surface area contributed by atoms with Crippen molar-refractivity contribution in [2.24, 2.45) is 0 Å². The summed E-state index contributed by atoms with van der Waals surface area (Å²) in [4.78, 5) is 43.3. The number of carboxylic acids is 1. The van der Waals surface area contributed by atoms with Gasteiger partial charge in [-0.3, -0.25) is 4.79 Å². The normalized spacial score (nSPS) is 11.4. The van der Waals surface area contributed by atoms with Crippen LogP contribution in [0.4, 0.5) is 16.6 Å². The number of hydrogen-bond acceptors (Lipinski definition) is 8. The summed E-state index contributed by atoms with van der Waals surface area (Å²) in [7, 11) is 0. The Hall–Kier alpha value is -3.89. The van der Waals surface area contributed by atoms with Gasteiger partial charge in [0.25, 0.3) is 5.91 Å². The highest BCUT2D eigenvalue weighted by molar-refractivity contribution is 5.94. The van der Waals surface area contributed by atoms with Crippen LogP contribution in [0.1, 0.15) is 41.4 Å². The first-order valence-electron chi connectivity index (χ1n) is 10.2. The molecule has 1 aromatic carbocycles. The molecule has 0 aliphatic heterocycles. The molecule has 0 saturated carbocycles. The fourth-order valence-corrected chi connectivity index (χ4v) is 2.75. The zero-order valence-corrected chi connectivity index (χ0v) is 17.8. The molecule has 1 aromatic heterocycles. The van der Waals surface area contributed by atoms with Crippen molar-refractivity contribution in [1.29, 1.82) is 0 Å². The van der Waals surface area contributed by atoms with E-state index in [4.69, 9.17) is 16.2 Å². The maximum atomic E-state index is 12.3. The minimum absolute atomic E-state index is 0.121. The first kappa shape index (κ1) is 24.4. The van der Waals surface area contributed by atoms with Gasteiger partial charge in [0.15, 0.2) is 0 Å². The number of carboxylic acid groups (broad SMARTS) is 1. The fourth-order valence-electron chi connectivity index (χ4n) is 2.75. The van der Waals surface area contributed by atoms with Crippen molar-refractivity contribution in [1.82, 2.24) is 20.6 Å². The second-order valence-corrected chi connectivity index (χ2v) is 7.07. The highest BCUT2D eigenvalue weighted by atomic mass is 16.5. The number of aryl methyl sites for hydroxylation is 2. The number of alkyl carbamates (subject to hydrolysis) is 1. The number of hydrogen-bond donors (Lipinski definition) is 5. The number of nitrogen functional groups attached to an aromatic ring is 2. The largest absolute Gasteiger partial charge is 0.480 e. The minimum atomic E-state index is -1.31. The van der Waals surface area contributed by atoms with Crippen molar-refractivity contribution in [3.8, 4) is 0 Å². The van der Waals surface area contributed by atoms with Crippen LogP contribution in [0.3, 0.4) is 0 Å². The van der Waals surface area contributed by atoms with Crippen LogP contribution < -0.4 is 22.1 Å². The average molecular weight is 444 g/mol. The molecule has 2 aromatic rings. The second-order valence-electron chi connectivity index (χ2n) is 7.07. The fraction of sp³-hybridized carbons (Fsp3) is 0.381. The van der Waals surface area contributed by atoms with Crippen molar-refractivity contribution < 1.29 is 24.2 Å². The molecule has 7 N–H and O–H groups in total. The molecule has 0 fully saturated rings. The second kappa shape index (κ2) is 12.1. The minimum Gasteiger partial charge on any atom is -0.480 e. The van der Waals surface area contributed by atoms with Crippen LogP contribution >= 0.6 is 0 Å². The number of aliphatic carboxylic acids is 1. The first-order valence-corrected chi connectivity index (χ1v) is 10.2. The lowest BCUT2D eigenvalue weighted by molar-refractivity contribution is -0.139. The number of rotatable bonds is 11. The molecule has 1 heterocycles. The summed E-state index contributed by atoms with van der Waals surface area (Å²) in [6.07, 6.45) is 1.94. The van der Waals surface area contributed by atoms with Crippen molar-refractivity contribution in [2.75, 3.05) is 24.6 Å². The molecule has 1 atom stereocenters. The summed E-state index contributed by atoms with van der Waals surface area (Å²) in [5.41, 5.74) is 13.3. The Morgan fingerprint density at radius 2 is 1.84 bits per heavy atom. The molecule has 0 spiro atoms. The predicted molar refractivity (Wildman–Crippen MR) is 118 cm³/mol. The average Bonchev–Trinajstić information content (AvgIpc) is 2.74. The lowest BCUT2D eigenvalue weighted by atomic mass is 10.1. The topological polar surface area (TPSA) is 183 Å². The standard InChI is InChI=1S/C21H28N6O5/c1-2-3-10-32-21(31)26-16(19(29)30)12-24-18(28)14-7-4-13(5-8-14)6-9-15-11-17(22)27-20(23)25-15/h4-5,7-8,11,16H,2-3,6,9-10,12H2,1H3,(H,24,28)(H,26,31)(H,29,30)(H4,22,23,25,27). The molecule has 0 aliphatic carbocycles. The van der Waals surface area contributed by atoms with E-state index in [0.717, 1.165) is 17.7 Å². The molecule has 0 aliphatic rings. The third kappa shape index (κ3) is 8.09. The lowest BCUT2D eigenvalue weighted by Crippen LogP contribution is -2.48. The molecule has 172 valence electrons. The molecule has 11 nitrogen and oxygen atoms in total. The van der Waals surface area contributed by atoms with Crippen LogP contribution in [-0.2, 0) is 22.4 Å². The monoisotopic (exact) mass is 444 g/mol. The maximum absolute atomic E-state index is 12.3. The summed E-state index contributed by atoms with van der Waals surface area (Å²) in [5.74, 6) is -1.31. The van der Waals surface area contributed by atoms with Crippen molar-refractivity contribution in [3.05, 3.63) is 47.2 Å². The zero-order chi connectivity index (χ0) is 23.5. The Morgan fingerprint density at radius 3 is 2.47 bits per heavy atom. The van der Waals surface area contributed by atoms with Crippen LogP contribution in [0, 0.1) is 0 Å². The summed E-state index contributed by atoms with van der Waals surface area (Å²) >= 11 is 0. The third-order valence-electron chi connectivity index (χ3n) is 4.49.